The molecule has 0 spiro atoms. The van der Waals surface area contributed by atoms with E-state index in [1.54, 1.807) is 12.4 Å². The Labute approximate surface area is 153 Å². The molecule has 5 nitrogen and oxygen atoms in total. The monoisotopic (exact) mass is 359 g/mol. The Morgan fingerprint density at radius 1 is 1.36 bits per heavy atom. The van der Waals surface area contributed by atoms with Crippen molar-refractivity contribution in [3.63, 3.8) is 0 Å². The zero-order valence-electron chi connectivity index (χ0n) is 14.6. The summed E-state index contributed by atoms with van der Waals surface area (Å²) in [6.45, 7) is 5.50. The molecule has 132 valence electrons. The maximum absolute atomic E-state index is 11.0. The lowest BCUT2D eigenvalue weighted by molar-refractivity contribution is -0.119. The number of nitrogens with one attached hydrogen (secondary N) is 1. The first kappa shape index (κ1) is 18.9. The van der Waals surface area contributed by atoms with Gasteiger partial charge < -0.3 is 10.1 Å². The van der Waals surface area contributed by atoms with E-state index in [9.17, 15) is 4.79 Å². The standard InChI is InChI=1S/C19H22ClN3O2/c1-4-5-15-8-9-18(17(20)10-15)25-19-21-11-16(12-22-19)7-6-13(2)23-14(3)24/h6-13H,4-5H2,1-3H3,(H,23,24)/b7-6+/t13-/m0/s1. The number of hydrogen-bond donors (Lipinski definition) is 1. The van der Waals surface area contributed by atoms with Crippen LogP contribution in [0.2, 0.25) is 5.02 Å². The number of amides is 1. The highest BCUT2D eigenvalue weighted by atomic mass is 35.5. The molecule has 1 aromatic carbocycles. The van der Waals surface area contributed by atoms with Crippen LogP contribution in [-0.4, -0.2) is 21.9 Å². The molecule has 1 amide bonds. The van der Waals surface area contributed by atoms with E-state index in [1.807, 2.05) is 37.3 Å². The van der Waals surface area contributed by atoms with E-state index in [1.165, 1.54) is 12.5 Å². The maximum Gasteiger partial charge on any atom is 0.321 e. The van der Waals surface area contributed by atoms with Crippen LogP contribution in [0.5, 0.6) is 11.8 Å². The fourth-order valence-electron chi connectivity index (χ4n) is 2.26. The van der Waals surface area contributed by atoms with Crippen molar-refractivity contribution in [1.29, 1.82) is 0 Å². The molecule has 0 bridgehead atoms. The van der Waals surface area contributed by atoms with Gasteiger partial charge in [-0.1, -0.05) is 43.2 Å². The highest BCUT2D eigenvalue weighted by Crippen LogP contribution is 2.29. The van der Waals surface area contributed by atoms with Crippen LogP contribution >= 0.6 is 11.6 Å². The SMILES string of the molecule is CCCc1ccc(Oc2ncc(/C=C/[C@H](C)NC(C)=O)cn2)c(Cl)c1. The minimum Gasteiger partial charge on any atom is -0.423 e. The first-order valence-electron chi connectivity index (χ1n) is 8.21. The number of carbonyl (C=O) groups excluding carboxylic acids is 1. The van der Waals surface area contributed by atoms with Crippen molar-refractivity contribution in [2.75, 3.05) is 0 Å². The molecular weight excluding hydrogens is 338 g/mol. The molecule has 6 heteroatoms. The number of nitrogens with zero attached hydrogens (tertiary/aromatic N) is 2. The number of halogens is 1. The molecule has 0 aliphatic rings. The van der Waals surface area contributed by atoms with Gasteiger partial charge in [0.25, 0.3) is 0 Å². The first-order chi connectivity index (χ1) is 12.0. The third-order valence-corrected chi connectivity index (χ3v) is 3.69. The normalized spacial score (nSPS) is 12.2. The van der Waals surface area contributed by atoms with E-state index in [4.69, 9.17) is 16.3 Å². The predicted molar refractivity (Wildman–Crippen MR) is 99.9 cm³/mol. The molecule has 25 heavy (non-hydrogen) atoms. The second-order valence-electron chi connectivity index (χ2n) is 5.76. The molecule has 1 N–H and O–H groups in total. The maximum atomic E-state index is 11.0. The van der Waals surface area contributed by atoms with Gasteiger partial charge >= 0.3 is 6.01 Å². The van der Waals surface area contributed by atoms with Crippen molar-refractivity contribution in [2.45, 2.75) is 39.7 Å². The Bertz CT molecular complexity index is 745. The Balaban J connectivity index is 2.00. The highest BCUT2D eigenvalue weighted by molar-refractivity contribution is 6.32. The van der Waals surface area contributed by atoms with Gasteiger partial charge in [-0.05, 0) is 31.0 Å². The average molecular weight is 360 g/mol. The Morgan fingerprint density at radius 3 is 2.68 bits per heavy atom. The second-order valence-corrected chi connectivity index (χ2v) is 6.17. The van der Waals surface area contributed by atoms with Gasteiger partial charge in [0.1, 0.15) is 5.75 Å². The zero-order chi connectivity index (χ0) is 18.2. The Morgan fingerprint density at radius 2 is 2.08 bits per heavy atom. The summed E-state index contributed by atoms with van der Waals surface area (Å²) in [6, 6.07) is 5.90. The smallest absolute Gasteiger partial charge is 0.321 e. The third-order valence-electron chi connectivity index (χ3n) is 3.39. The lowest BCUT2D eigenvalue weighted by atomic mass is 10.1. The van der Waals surface area contributed by atoms with Crippen LogP contribution in [0, 0.1) is 0 Å². The first-order valence-corrected chi connectivity index (χ1v) is 8.59. The summed E-state index contributed by atoms with van der Waals surface area (Å²) in [4.78, 5) is 19.3. The van der Waals surface area contributed by atoms with E-state index >= 15 is 0 Å². The molecule has 1 heterocycles. The van der Waals surface area contributed by atoms with Crippen molar-refractivity contribution in [3.05, 3.63) is 52.8 Å². The van der Waals surface area contributed by atoms with E-state index in [0.717, 1.165) is 18.4 Å². The Hall–Kier alpha value is -2.40. The van der Waals surface area contributed by atoms with Gasteiger partial charge in [0.2, 0.25) is 5.91 Å². The average Bonchev–Trinajstić information content (AvgIpc) is 2.56. The molecule has 0 aliphatic carbocycles. The molecule has 0 aliphatic heterocycles. The van der Waals surface area contributed by atoms with Crippen molar-refractivity contribution in [1.82, 2.24) is 15.3 Å². The van der Waals surface area contributed by atoms with Crippen LogP contribution in [0.1, 0.15) is 38.3 Å². The van der Waals surface area contributed by atoms with Crippen LogP contribution in [-0.2, 0) is 11.2 Å². The molecule has 0 saturated heterocycles. The molecular formula is C19H22ClN3O2. The Kier molecular flexibility index (Phi) is 6.95. The van der Waals surface area contributed by atoms with Crippen LogP contribution < -0.4 is 10.1 Å². The summed E-state index contributed by atoms with van der Waals surface area (Å²) in [7, 11) is 0. The fourth-order valence-corrected chi connectivity index (χ4v) is 2.50. The molecule has 2 aromatic rings. The fraction of sp³-hybridized carbons (Fsp3) is 0.316. The van der Waals surface area contributed by atoms with Gasteiger partial charge in [0, 0.05) is 30.9 Å². The van der Waals surface area contributed by atoms with Crippen molar-refractivity contribution >= 4 is 23.6 Å². The number of aromatic nitrogens is 2. The zero-order valence-corrected chi connectivity index (χ0v) is 15.4. The van der Waals surface area contributed by atoms with E-state index in [-0.39, 0.29) is 18.0 Å². The number of rotatable bonds is 7. The lowest BCUT2D eigenvalue weighted by Gasteiger charge is -2.08. The topological polar surface area (TPSA) is 64.1 Å². The van der Waals surface area contributed by atoms with Crippen molar-refractivity contribution < 1.29 is 9.53 Å². The summed E-state index contributed by atoms with van der Waals surface area (Å²) in [5.74, 6) is 0.461. The number of aryl methyl sites for hydroxylation is 1. The van der Waals surface area contributed by atoms with Crippen LogP contribution in [0.15, 0.2) is 36.7 Å². The van der Waals surface area contributed by atoms with Gasteiger partial charge in [-0.2, -0.15) is 0 Å². The van der Waals surface area contributed by atoms with Crippen LogP contribution in [0.4, 0.5) is 0 Å². The third kappa shape index (κ3) is 6.19. The van der Waals surface area contributed by atoms with Crippen LogP contribution in [0.25, 0.3) is 6.08 Å². The molecule has 0 radical (unpaired) electrons. The van der Waals surface area contributed by atoms with Crippen molar-refractivity contribution in [2.24, 2.45) is 0 Å². The largest absolute Gasteiger partial charge is 0.423 e. The number of carbonyl (C=O) groups is 1. The highest BCUT2D eigenvalue weighted by Gasteiger charge is 2.06. The summed E-state index contributed by atoms with van der Waals surface area (Å²) < 4.78 is 5.64. The van der Waals surface area contributed by atoms with Crippen LogP contribution in [0.3, 0.4) is 0 Å². The molecule has 2 rings (SSSR count). The minimum absolute atomic E-state index is 0.0612. The summed E-state index contributed by atoms with van der Waals surface area (Å²) >= 11 is 6.25. The second kappa shape index (κ2) is 9.18. The quantitative estimate of drug-likeness (QED) is 0.795. The van der Waals surface area contributed by atoms with E-state index in [2.05, 4.69) is 22.2 Å². The van der Waals surface area contributed by atoms with Crippen molar-refractivity contribution in [3.8, 4) is 11.8 Å². The predicted octanol–water partition coefficient (Wildman–Crippen LogP) is 4.41. The van der Waals surface area contributed by atoms with Gasteiger partial charge in [-0.15, -0.1) is 0 Å². The number of ether oxygens (including phenoxy) is 1. The number of benzene rings is 1. The van der Waals surface area contributed by atoms with E-state index in [0.29, 0.717) is 10.8 Å². The summed E-state index contributed by atoms with van der Waals surface area (Å²) in [5.41, 5.74) is 1.99. The van der Waals surface area contributed by atoms with Gasteiger partial charge in [0.15, 0.2) is 0 Å². The molecule has 0 unspecified atom stereocenters. The lowest BCUT2D eigenvalue weighted by Crippen LogP contribution is -2.28. The van der Waals surface area contributed by atoms with Gasteiger partial charge in [0.05, 0.1) is 5.02 Å². The van der Waals surface area contributed by atoms with Gasteiger partial charge in [-0.3, -0.25) is 4.79 Å². The molecule has 0 fully saturated rings. The molecule has 1 atom stereocenters. The molecule has 0 saturated carbocycles. The minimum atomic E-state index is -0.0704. The van der Waals surface area contributed by atoms with Gasteiger partial charge in [-0.25, -0.2) is 9.97 Å². The molecule has 1 aromatic heterocycles. The number of hydrogen-bond acceptors (Lipinski definition) is 4. The summed E-state index contributed by atoms with van der Waals surface area (Å²) in [6.07, 6.45) is 9.06. The summed E-state index contributed by atoms with van der Waals surface area (Å²) in [5, 5.41) is 3.31. The van der Waals surface area contributed by atoms with E-state index < -0.39 is 0 Å².